The molecule has 0 saturated carbocycles. The zero-order valence-corrected chi connectivity index (χ0v) is 13.4. The summed E-state index contributed by atoms with van der Waals surface area (Å²) in [5.41, 5.74) is 13.9. The largest absolute Gasteiger partial charge is 0.469 e. The Morgan fingerprint density at radius 1 is 1.64 bits per heavy atom. The summed E-state index contributed by atoms with van der Waals surface area (Å²) in [6.45, 7) is -0.479. The van der Waals surface area contributed by atoms with Crippen LogP contribution in [0.3, 0.4) is 0 Å². The van der Waals surface area contributed by atoms with Gasteiger partial charge in [-0.05, 0) is 5.53 Å². The molecule has 0 spiro atoms. The molecule has 0 aliphatic carbocycles. The number of hydrogen-bond acceptors (Lipinski definition) is 8. The van der Waals surface area contributed by atoms with Gasteiger partial charge in [0.05, 0.1) is 25.1 Å². The Kier molecular flexibility index (Phi) is 4.47. The van der Waals surface area contributed by atoms with Gasteiger partial charge in [-0.2, -0.15) is 4.98 Å². The average Bonchev–Trinajstić information content (AvgIpc) is 3.09. The number of phosphoric ester groups is 1. The van der Waals surface area contributed by atoms with Gasteiger partial charge >= 0.3 is 7.82 Å². The third-order valence-electron chi connectivity index (χ3n) is 3.57. The summed E-state index contributed by atoms with van der Waals surface area (Å²) in [4.78, 5) is 42.4. The van der Waals surface area contributed by atoms with Crippen LogP contribution in [0, 0.1) is 0 Å². The Labute approximate surface area is 138 Å². The second-order valence-corrected chi connectivity index (χ2v) is 6.44. The fraction of sp³-hybridized carbons (Fsp3) is 0.500. The van der Waals surface area contributed by atoms with Crippen LogP contribution in [0.1, 0.15) is 12.6 Å². The highest BCUT2D eigenvalue weighted by Crippen LogP contribution is 2.39. The average molecular weight is 372 g/mol. The summed E-state index contributed by atoms with van der Waals surface area (Å²) in [5.74, 6) is -0.106. The maximum atomic E-state index is 11.8. The minimum Gasteiger partial charge on any atom is -0.369 e. The Balaban J connectivity index is 1.90. The molecule has 134 valence electrons. The van der Waals surface area contributed by atoms with Gasteiger partial charge in [0, 0.05) is 11.3 Å². The van der Waals surface area contributed by atoms with Gasteiger partial charge in [0.15, 0.2) is 11.2 Å². The molecule has 0 radical (unpaired) electrons. The zero-order valence-electron chi connectivity index (χ0n) is 12.5. The molecule has 3 rings (SSSR count). The van der Waals surface area contributed by atoms with Crippen LogP contribution in [-0.4, -0.2) is 48.1 Å². The number of fused-ring (bicyclic) bond motifs is 1. The van der Waals surface area contributed by atoms with Gasteiger partial charge in [0.25, 0.3) is 5.56 Å². The lowest BCUT2D eigenvalue weighted by Crippen LogP contribution is -2.24. The first-order valence-electron chi connectivity index (χ1n) is 6.90. The van der Waals surface area contributed by atoms with Crippen molar-refractivity contribution >= 4 is 24.9 Å². The molecule has 15 heteroatoms. The number of hydrogen-bond donors (Lipinski definition) is 4. The fourth-order valence-electron chi connectivity index (χ4n) is 2.55. The molecule has 3 heterocycles. The summed E-state index contributed by atoms with van der Waals surface area (Å²) in [5, 5.41) is 3.56. The van der Waals surface area contributed by atoms with Crippen molar-refractivity contribution < 1.29 is 23.6 Å². The number of H-pyrrole nitrogens is 1. The minimum atomic E-state index is -4.70. The van der Waals surface area contributed by atoms with Crippen molar-refractivity contribution in [2.45, 2.75) is 24.8 Å². The van der Waals surface area contributed by atoms with Crippen molar-refractivity contribution in [3.05, 3.63) is 27.1 Å². The molecule has 14 nitrogen and oxygen atoms in total. The molecule has 0 bridgehead atoms. The van der Waals surface area contributed by atoms with E-state index in [1.165, 1.54) is 10.9 Å². The minimum absolute atomic E-state index is 0.0491. The molecule has 2 aromatic heterocycles. The Bertz CT molecular complexity index is 945. The van der Waals surface area contributed by atoms with Gasteiger partial charge in [-0.15, -0.1) is 0 Å². The molecule has 25 heavy (non-hydrogen) atoms. The van der Waals surface area contributed by atoms with Crippen molar-refractivity contribution in [2.24, 2.45) is 5.11 Å². The molecule has 1 aliphatic heterocycles. The number of aromatic nitrogens is 4. The number of nitrogen functional groups attached to an aromatic ring is 1. The second-order valence-electron chi connectivity index (χ2n) is 5.20. The van der Waals surface area contributed by atoms with E-state index in [-0.39, 0.29) is 23.5 Å². The molecule has 0 unspecified atom stereocenters. The lowest BCUT2D eigenvalue weighted by atomic mass is 10.1. The molecule has 1 saturated heterocycles. The molecule has 0 amide bonds. The first kappa shape index (κ1) is 17.4. The van der Waals surface area contributed by atoms with Gasteiger partial charge in [0.2, 0.25) is 5.95 Å². The van der Waals surface area contributed by atoms with E-state index < -0.39 is 38.4 Å². The van der Waals surface area contributed by atoms with Crippen molar-refractivity contribution in [1.82, 2.24) is 19.5 Å². The standard InChI is InChI=1S/C10H13N8O6P/c11-10-14-8-7(9(19)15-10)13-3-18(8)6-1-4(16-17-12)5(24-6)2-23-25(20,21)22/h3-6H,1-2H2,(H2,20,21,22)(H3,11,14,15,19)/t4-,5+,6+/m0/s1. The van der Waals surface area contributed by atoms with E-state index in [0.717, 1.165) is 0 Å². The molecular weight excluding hydrogens is 359 g/mol. The second kappa shape index (κ2) is 6.44. The summed E-state index contributed by atoms with van der Waals surface area (Å²) in [6, 6.07) is -0.738. The first-order valence-corrected chi connectivity index (χ1v) is 8.43. The molecule has 5 N–H and O–H groups in total. The molecule has 1 aliphatic rings. The Morgan fingerprint density at radius 2 is 2.40 bits per heavy atom. The first-order chi connectivity index (χ1) is 11.8. The number of ether oxygens (including phenoxy) is 1. The van der Waals surface area contributed by atoms with Crippen LogP contribution in [0.4, 0.5) is 5.95 Å². The third-order valence-corrected chi connectivity index (χ3v) is 4.06. The van der Waals surface area contributed by atoms with Crippen LogP contribution in [0.2, 0.25) is 0 Å². The van der Waals surface area contributed by atoms with E-state index in [9.17, 15) is 9.36 Å². The van der Waals surface area contributed by atoms with Crippen LogP contribution in [-0.2, 0) is 13.8 Å². The fourth-order valence-corrected chi connectivity index (χ4v) is 2.89. The predicted molar refractivity (Wildman–Crippen MR) is 82.0 cm³/mol. The molecular formula is C10H13N8O6P. The lowest BCUT2D eigenvalue weighted by molar-refractivity contribution is -0.0230. The van der Waals surface area contributed by atoms with E-state index in [1.807, 2.05) is 0 Å². The number of nitrogens with two attached hydrogens (primary N) is 1. The quantitative estimate of drug-likeness (QED) is 0.236. The third kappa shape index (κ3) is 3.64. The highest BCUT2D eigenvalue weighted by Gasteiger charge is 2.38. The number of nitrogens with zero attached hydrogens (tertiary/aromatic N) is 6. The summed E-state index contributed by atoms with van der Waals surface area (Å²) >= 11 is 0. The van der Waals surface area contributed by atoms with Crippen LogP contribution in [0.5, 0.6) is 0 Å². The van der Waals surface area contributed by atoms with Gasteiger partial charge in [-0.3, -0.25) is 18.9 Å². The highest BCUT2D eigenvalue weighted by atomic mass is 31.2. The lowest BCUT2D eigenvalue weighted by Gasteiger charge is -2.16. The van der Waals surface area contributed by atoms with Crippen molar-refractivity contribution in [2.75, 3.05) is 12.3 Å². The van der Waals surface area contributed by atoms with Crippen molar-refractivity contribution in [1.29, 1.82) is 0 Å². The topological polar surface area (TPSA) is 214 Å². The number of anilines is 1. The van der Waals surface area contributed by atoms with Gasteiger partial charge < -0.3 is 20.3 Å². The maximum absolute atomic E-state index is 11.8. The highest BCUT2D eigenvalue weighted by molar-refractivity contribution is 7.46. The smallest absolute Gasteiger partial charge is 0.369 e. The van der Waals surface area contributed by atoms with E-state index in [4.69, 9.17) is 25.8 Å². The SMILES string of the molecule is [N-]=[N+]=N[C@H]1C[C@H](n2cnc3c(=O)[nH]c(N)nc32)O[C@@H]1COP(=O)(O)O. The number of azide groups is 1. The Morgan fingerprint density at radius 3 is 3.08 bits per heavy atom. The zero-order chi connectivity index (χ0) is 18.2. The van der Waals surface area contributed by atoms with Crippen LogP contribution < -0.4 is 11.3 Å². The number of rotatable bonds is 5. The number of phosphoric acid groups is 1. The number of imidazole rings is 1. The maximum Gasteiger partial charge on any atom is 0.469 e. The van der Waals surface area contributed by atoms with E-state index >= 15 is 0 Å². The molecule has 1 fully saturated rings. The monoisotopic (exact) mass is 372 g/mol. The number of aromatic amines is 1. The van der Waals surface area contributed by atoms with E-state index in [0.29, 0.717) is 0 Å². The van der Waals surface area contributed by atoms with Crippen molar-refractivity contribution in [3.63, 3.8) is 0 Å². The molecule has 3 atom stereocenters. The van der Waals surface area contributed by atoms with Gasteiger partial charge in [-0.1, -0.05) is 5.11 Å². The van der Waals surface area contributed by atoms with Crippen molar-refractivity contribution in [3.8, 4) is 0 Å². The van der Waals surface area contributed by atoms with Gasteiger partial charge in [0.1, 0.15) is 6.23 Å². The van der Waals surface area contributed by atoms with Crippen LogP contribution in [0.25, 0.3) is 21.6 Å². The summed E-state index contributed by atoms with van der Waals surface area (Å²) in [6.07, 6.45) is -0.153. The van der Waals surface area contributed by atoms with Gasteiger partial charge in [-0.25, -0.2) is 9.55 Å². The van der Waals surface area contributed by atoms with Crippen LogP contribution >= 0.6 is 7.82 Å². The van der Waals surface area contributed by atoms with E-state index in [2.05, 4.69) is 29.5 Å². The molecule has 0 aromatic carbocycles. The Hall–Kier alpha value is -2.47. The molecule has 2 aromatic rings. The summed E-state index contributed by atoms with van der Waals surface area (Å²) < 4.78 is 22.4. The van der Waals surface area contributed by atoms with Crippen LogP contribution in [0.15, 0.2) is 16.2 Å². The normalized spacial score (nSPS) is 23.7. The predicted octanol–water partition coefficient (Wildman–Crippen LogP) is -0.222. The summed E-state index contributed by atoms with van der Waals surface area (Å²) in [7, 11) is -4.70. The number of nitrogens with one attached hydrogen (secondary N) is 1. The van der Waals surface area contributed by atoms with E-state index in [1.54, 1.807) is 0 Å².